The smallest absolute Gasteiger partial charge is 0.410 e. The van der Waals surface area contributed by atoms with E-state index in [9.17, 15) is 4.79 Å². The summed E-state index contributed by atoms with van der Waals surface area (Å²) in [6.45, 7) is 14.1. The minimum Gasteiger partial charge on any atom is -0.444 e. The summed E-state index contributed by atoms with van der Waals surface area (Å²) in [5.41, 5.74) is -0.420. The van der Waals surface area contributed by atoms with Crippen LogP contribution in [0, 0.1) is 5.92 Å². The first-order chi connectivity index (χ1) is 9.78. The molecule has 1 saturated heterocycles. The second kappa shape index (κ2) is 8.59. The highest BCUT2D eigenvalue weighted by Crippen LogP contribution is 2.15. The zero-order valence-electron chi connectivity index (χ0n) is 14.3. The van der Waals surface area contributed by atoms with Crippen molar-refractivity contribution in [3.8, 4) is 0 Å². The van der Waals surface area contributed by atoms with Crippen LogP contribution >= 0.6 is 0 Å². The van der Waals surface area contributed by atoms with E-state index >= 15 is 0 Å². The quantitative estimate of drug-likeness (QED) is 0.734. The number of rotatable bonds is 7. The molecule has 0 bridgehead atoms. The molecule has 0 saturated carbocycles. The average Bonchev–Trinajstić information content (AvgIpc) is 2.80. The Hall–Kier alpha value is -0.810. The summed E-state index contributed by atoms with van der Waals surface area (Å²) in [4.78, 5) is 13.7. The minimum atomic E-state index is -0.420. The van der Waals surface area contributed by atoms with Crippen molar-refractivity contribution in [2.75, 3.05) is 32.8 Å². The van der Waals surface area contributed by atoms with E-state index < -0.39 is 5.60 Å². The summed E-state index contributed by atoms with van der Waals surface area (Å²) in [5.74, 6) is 0.593. The van der Waals surface area contributed by atoms with Gasteiger partial charge in [0.2, 0.25) is 0 Å². The highest BCUT2D eigenvalue weighted by molar-refractivity contribution is 5.68. The third-order valence-electron chi connectivity index (χ3n) is 3.19. The lowest BCUT2D eigenvalue weighted by atomic mass is 10.2. The summed E-state index contributed by atoms with van der Waals surface area (Å²) in [7, 11) is 0. The van der Waals surface area contributed by atoms with Crippen molar-refractivity contribution < 1.29 is 14.3 Å². The molecule has 1 unspecified atom stereocenters. The summed E-state index contributed by atoms with van der Waals surface area (Å²) < 4.78 is 10.9. The first-order valence-corrected chi connectivity index (χ1v) is 8.07. The third kappa shape index (κ3) is 8.27. The number of hydrogen-bond donors (Lipinski definition) is 1. The molecule has 1 amide bonds. The Balaban J connectivity index is 2.10. The second-order valence-corrected chi connectivity index (χ2v) is 7.19. The summed E-state index contributed by atoms with van der Waals surface area (Å²) in [6.07, 6.45) is 1.80. The molecule has 1 N–H and O–H groups in total. The van der Waals surface area contributed by atoms with Crippen LogP contribution in [0.2, 0.25) is 0 Å². The molecule has 1 fully saturated rings. The van der Waals surface area contributed by atoms with Gasteiger partial charge in [-0.3, -0.25) is 0 Å². The van der Waals surface area contributed by atoms with E-state index in [1.54, 1.807) is 4.90 Å². The van der Waals surface area contributed by atoms with Gasteiger partial charge in [0.15, 0.2) is 0 Å². The van der Waals surface area contributed by atoms with Crippen LogP contribution < -0.4 is 5.32 Å². The number of ether oxygens (including phenoxy) is 2. The maximum atomic E-state index is 11.9. The van der Waals surface area contributed by atoms with Crippen molar-refractivity contribution in [3.05, 3.63) is 0 Å². The zero-order chi connectivity index (χ0) is 15.9. The summed E-state index contributed by atoms with van der Waals surface area (Å²) >= 11 is 0. The topological polar surface area (TPSA) is 50.8 Å². The molecule has 124 valence electrons. The van der Waals surface area contributed by atoms with Gasteiger partial charge < -0.3 is 19.7 Å². The molecule has 0 spiro atoms. The largest absolute Gasteiger partial charge is 0.444 e. The second-order valence-electron chi connectivity index (χ2n) is 7.19. The molecule has 0 aromatic heterocycles. The lowest BCUT2D eigenvalue weighted by molar-refractivity contribution is 0.0290. The van der Waals surface area contributed by atoms with Crippen molar-refractivity contribution in [1.82, 2.24) is 10.2 Å². The minimum absolute atomic E-state index is 0.202. The van der Waals surface area contributed by atoms with Crippen LogP contribution in [-0.4, -0.2) is 55.5 Å². The van der Waals surface area contributed by atoms with Crippen LogP contribution in [0.1, 0.15) is 47.5 Å². The van der Waals surface area contributed by atoms with Crippen LogP contribution in [0.3, 0.4) is 0 Å². The maximum absolute atomic E-state index is 11.9. The molecule has 1 aliphatic heterocycles. The molecule has 0 aliphatic carbocycles. The van der Waals surface area contributed by atoms with Crippen LogP contribution in [0.5, 0.6) is 0 Å². The summed E-state index contributed by atoms with van der Waals surface area (Å²) in [6, 6.07) is 0.377. The Morgan fingerprint density at radius 2 is 2.10 bits per heavy atom. The highest BCUT2D eigenvalue weighted by Gasteiger charge is 2.29. The van der Waals surface area contributed by atoms with Gasteiger partial charge in [-0.2, -0.15) is 0 Å². The third-order valence-corrected chi connectivity index (χ3v) is 3.19. The Kier molecular flexibility index (Phi) is 7.46. The molecule has 0 aromatic rings. The Labute approximate surface area is 129 Å². The van der Waals surface area contributed by atoms with Crippen molar-refractivity contribution >= 4 is 6.09 Å². The van der Waals surface area contributed by atoms with Gasteiger partial charge in [-0.1, -0.05) is 13.8 Å². The average molecular weight is 300 g/mol. The van der Waals surface area contributed by atoms with E-state index in [-0.39, 0.29) is 6.09 Å². The van der Waals surface area contributed by atoms with Gasteiger partial charge >= 0.3 is 6.09 Å². The number of hydrogen-bond acceptors (Lipinski definition) is 4. The molecule has 0 aromatic carbocycles. The number of nitrogens with one attached hydrogen (secondary N) is 1. The molecule has 1 heterocycles. The van der Waals surface area contributed by atoms with Crippen molar-refractivity contribution in [2.24, 2.45) is 5.92 Å². The number of carbonyl (C=O) groups is 1. The van der Waals surface area contributed by atoms with Crippen molar-refractivity contribution in [1.29, 1.82) is 0 Å². The highest BCUT2D eigenvalue weighted by atomic mass is 16.6. The number of nitrogens with zero attached hydrogens (tertiary/aromatic N) is 1. The number of likely N-dealkylation sites (tertiary alicyclic amines) is 1. The molecular formula is C16H32N2O3. The van der Waals surface area contributed by atoms with Gasteiger partial charge in [-0.05, 0) is 46.1 Å². The number of amides is 1. The standard InChI is InChI=1S/C16H32N2O3/c1-13(2)12-20-10-6-8-17-14-7-9-18(11-14)15(19)21-16(3,4)5/h13-14,17H,6-12H2,1-5H3. The molecule has 1 atom stereocenters. The van der Waals surface area contributed by atoms with E-state index in [2.05, 4.69) is 19.2 Å². The molecular weight excluding hydrogens is 268 g/mol. The molecule has 5 nitrogen and oxygen atoms in total. The molecule has 5 heteroatoms. The van der Waals surface area contributed by atoms with Crippen molar-refractivity contribution in [3.63, 3.8) is 0 Å². The van der Waals surface area contributed by atoms with Crippen LogP contribution in [-0.2, 0) is 9.47 Å². The zero-order valence-corrected chi connectivity index (χ0v) is 14.3. The van der Waals surface area contributed by atoms with Gasteiger partial charge in [-0.25, -0.2) is 4.79 Å². The van der Waals surface area contributed by atoms with Crippen molar-refractivity contribution in [2.45, 2.75) is 59.1 Å². The molecule has 0 radical (unpaired) electrons. The first kappa shape index (κ1) is 18.2. The SMILES string of the molecule is CC(C)COCCCNC1CCN(C(=O)OC(C)(C)C)C1. The Bertz CT molecular complexity index is 313. The number of carbonyl (C=O) groups excluding carboxylic acids is 1. The first-order valence-electron chi connectivity index (χ1n) is 8.07. The van der Waals surface area contributed by atoms with Crippen LogP contribution in [0.15, 0.2) is 0 Å². The van der Waals surface area contributed by atoms with E-state index in [0.717, 1.165) is 45.7 Å². The lowest BCUT2D eigenvalue weighted by Crippen LogP contribution is -2.38. The fourth-order valence-corrected chi connectivity index (χ4v) is 2.22. The normalized spacial score (nSPS) is 19.3. The Morgan fingerprint density at radius 3 is 2.71 bits per heavy atom. The maximum Gasteiger partial charge on any atom is 0.410 e. The van der Waals surface area contributed by atoms with Gasteiger partial charge in [0.05, 0.1) is 0 Å². The van der Waals surface area contributed by atoms with E-state index in [1.165, 1.54) is 0 Å². The summed E-state index contributed by atoms with van der Waals surface area (Å²) in [5, 5.41) is 3.49. The van der Waals surface area contributed by atoms with Crippen LogP contribution in [0.25, 0.3) is 0 Å². The molecule has 1 aliphatic rings. The van der Waals surface area contributed by atoms with Crippen LogP contribution in [0.4, 0.5) is 4.79 Å². The molecule has 1 rings (SSSR count). The fraction of sp³-hybridized carbons (Fsp3) is 0.938. The Morgan fingerprint density at radius 1 is 1.38 bits per heavy atom. The fourth-order valence-electron chi connectivity index (χ4n) is 2.22. The predicted octanol–water partition coefficient (Wildman–Crippen LogP) is 2.65. The van der Waals surface area contributed by atoms with Gasteiger partial charge in [-0.15, -0.1) is 0 Å². The van der Waals surface area contributed by atoms with E-state index in [4.69, 9.17) is 9.47 Å². The monoisotopic (exact) mass is 300 g/mol. The van der Waals surface area contributed by atoms with E-state index in [0.29, 0.717) is 12.0 Å². The van der Waals surface area contributed by atoms with E-state index in [1.807, 2.05) is 20.8 Å². The predicted molar refractivity (Wildman–Crippen MR) is 84.5 cm³/mol. The van der Waals surface area contributed by atoms with Gasteiger partial charge in [0, 0.05) is 32.3 Å². The lowest BCUT2D eigenvalue weighted by Gasteiger charge is -2.24. The molecule has 21 heavy (non-hydrogen) atoms. The van der Waals surface area contributed by atoms with Gasteiger partial charge in [0.1, 0.15) is 5.60 Å². The van der Waals surface area contributed by atoms with Gasteiger partial charge in [0.25, 0.3) is 0 Å².